The number of aryl methyl sites for hydroxylation is 2. The van der Waals surface area contributed by atoms with E-state index in [1.54, 1.807) is 0 Å². The van der Waals surface area contributed by atoms with Crippen LogP contribution in [-0.2, 0) is 17.6 Å². The molecule has 0 radical (unpaired) electrons. The number of anilines is 1. The molecule has 25 heavy (non-hydrogen) atoms. The van der Waals surface area contributed by atoms with E-state index in [0.29, 0.717) is 0 Å². The van der Waals surface area contributed by atoms with E-state index >= 15 is 0 Å². The summed E-state index contributed by atoms with van der Waals surface area (Å²) in [6.45, 7) is 8.23. The number of nitrogens with zero attached hydrogens (tertiary/aromatic N) is 1. The molecule has 0 atom stereocenters. The summed E-state index contributed by atoms with van der Waals surface area (Å²) < 4.78 is 4.83. The summed E-state index contributed by atoms with van der Waals surface area (Å²) in [5.74, 6) is 0.843. The van der Waals surface area contributed by atoms with Gasteiger partial charge in [-0.2, -0.15) is 0 Å². The minimum atomic E-state index is 0.843. The van der Waals surface area contributed by atoms with Gasteiger partial charge in [0.25, 0.3) is 0 Å². The van der Waals surface area contributed by atoms with Crippen molar-refractivity contribution in [3.05, 3.63) is 52.9 Å². The van der Waals surface area contributed by atoms with Crippen LogP contribution in [0.5, 0.6) is 0 Å². The molecule has 3 nitrogen and oxygen atoms in total. The van der Waals surface area contributed by atoms with Crippen LogP contribution in [0.3, 0.4) is 0 Å². The molecule has 0 bridgehead atoms. The topological polar surface area (TPSA) is 48.1 Å². The van der Waals surface area contributed by atoms with Gasteiger partial charge in [0, 0.05) is 34.6 Å². The summed E-state index contributed by atoms with van der Waals surface area (Å²) in [5.41, 5.74) is 14.7. The Balaban J connectivity index is 0.000000314. The molecule has 1 aliphatic carbocycles. The average Bonchev–Trinajstić information content (AvgIpc) is 3.06. The van der Waals surface area contributed by atoms with E-state index in [4.69, 9.17) is 10.5 Å². The van der Waals surface area contributed by atoms with Gasteiger partial charge in [-0.25, -0.2) is 0 Å². The van der Waals surface area contributed by atoms with Crippen molar-refractivity contribution in [1.82, 2.24) is 4.98 Å². The normalized spacial score (nSPS) is 16.3. The number of rotatable bonds is 2. The monoisotopic (exact) mass is 336 g/mol. The highest BCUT2D eigenvalue weighted by atomic mass is 16.5. The minimum absolute atomic E-state index is 0.843. The minimum Gasteiger partial charge on any atom is -0.398 e. The van der Waals surface area contributed by atoms with Gasteiger partial charge in [0.15, 0.2) is 0 Å². The largest absolute Gasteiger partial charge is 0.398 e. The summed E-state index contributed by atoms with van der Waals surface area (Å²) in [7, 11) is 0. The lowest BCUT2D eigenvalue weighted by atomic mass is 9.94. The number of ether oxygens (including phenoxy) is 1. The first-order valence-corrected chi connectivity index (χ1v) is 9.18. The fourth-order valence-electron chi connectivity index (χ4n) is 3.47. The summed E-state index contributed by atoms with van der Waals surface area (Å²) in [4.78, 5) is 4.39. The van der Waals surface area contributed by atoms with Crippen LogP contribution in [0.2, 0.25) is 0 Å². The van der Waals surface area contributed by atoms with Crippen molar-refractivity contribution in [2.75, 3.05) is 18.9 Å². The molecule has 2 heterocycles. The molecule has 2 N–H and O–H groups in total. The third-order valence-electron chi connectivity index (χ3n) is 4.94. The van der Waals surface area contributed by atoms with Crippen LogP contribution in [0.25, 0.3) is 17.2 Å². The Morgan fingerprint density at radius 1 is 1.16 bits per heavy atom. The molecule has 4 rings (SSSR count). The van der Waals surface area contributed by atoms with Crippen LogP contribution in [-0.4, -0.2) is 18.2 Å². The molecule has 2 aliphatic rings. The number of aromatic nitrogens is 1. The van der Waals surface area contributed by atoms with Crippen molar-refractivity contribution in [2.45, 2.75) is 40.0 Å². The summed E-state index contributed by atoms with van der Waals surface area (Å²) in [6.07, 6.45) is 9.53. The SMILES string of the molecule is C/C=C\c1c(-c2ccc3c(c2N)CCC3)ccnc1C.CC1COC1. The number of benzene rings is 1. The molecule has 1 fully saturated rings. The standard InChI is InChI=1S/C18H20N2.C4H8O/c1-3-5-14-12(2)20-11-10-16(14)17-9-8-13-6-4-7-15(13)18(17)19;1-4-2-5-3-4/h3,5,8-11H,4,6-7,19H2,1-2H3;4H,2-3H2,1H3/b5-3-;. The van der Waals surface area contributed by atoms with Gasteiger partial charge in [0.2, 0.25) is 0 Å². The number of pyridine rings is 1. The maximum Gasteiger partial charge on any atom is 0.0513 e. The van der Waals surface area contributed by atoms with Crippen molar-refractivity contribution in [2.24, 2.45) is 5.92 Å². The molecular formula is C22H28N2O. The van der Waals surface area contributed by atoms with Gasteiger partial charge in [-0.15, -0.1) is 0 Å². The Hall–Kier alpha value is -2.13. The van der Waals surface area contributed by atoms with Crippen LogP contribution < -0.4 is 5.73 Å². The van der Waals surface area contributed by atoms with Gasteiger partial charge in [-0.1, -0.05) is 31.2 Å². The second-order valence-corrected chi connectivity index (χ2v) is 7.02. The Bertz CT molecular complexity index is 776. The second-order valence-electron chi connectivity index (χ2n) is 7.02. The van der Waals surface area contributed by atoms with Crippen LogP contribution in [0.4, 0.5) is 5.69 Å². The maximum absolute atomic E-state index is 6.44. The van der Waals surface area contributed by atoms with Crippen LogP contribution in [0, 0.1) is 12.8 Å². The highest BCUT2D eigenvalue weighted by Crippen LogP contribution is 2.37. The van der Waals surface area contributed by atoms with Crippen LogP contribution >= 0.6 is 0 Å². The van der Waals surface area contributed by atoms with E-state index in [1.807, 2.05) is 20.0 Å². The van der Waals surface area contributed by atoms with E-state index in [0.717, 1.165) is 48.9 Å². The number of nitrogen functional groups attached to an aromatic ring is 1. The van der Waals surface area contributed by atoms with Gasteiger partial charge in [0.1, 0.15) is 0 Å². The van der Waals surface area contributed by atoms with Crippen LogP contribution in [0.15, 0.2) is 30.5 Å². The Kier molecular flexibility index (Phi) is 5.54. The lowest BCUT2D eigenvalue weighted by Gasteiger charge is -2.20. The molecule has 2 aromatic rings. The zero-order valence-corrected chi connectivity index (χ0v) is 15.5. The van der Waals surface area contributed by atoms with E-state index in [1.165, 1.54) is 28.7 Å². The van der Waals surface area contributed by atoms with Crippen molar-refractivity contribution < 1.29 is 4.74 Å². The molecule has 0 saturated carbocycles. The number of fused-ring (bicyclic) bond motifs is 1. The first kappa shape index (κ1) is 17.7. The Labute approximate surface area is 150 Å². The second kappa shape index (κ2) is 7.83. The molecule has 1 aromatic heterocycles. The van der Waals surface area contributed by atoms with Gasteiger partial charge in [-0.05, 0) is 55.9 Å². The molecular weight excluding hydrogens is 308 g/mol. The fourth-order valence-corrected chi connectivity index (χ4v) is 3.47. The zero-order valence-electron chi connectivity index (χ0n) is 15.5. The third kappa shape index (κ3) is 3.77. The van der Waals surface area contributed by atoms with Crippen LogP contribution in [0.1, 0.15) is 42.7 Å². The highest BCUT2D eigenvalue weighted by molar-refractivity contribution is 5.85. The number of nitrogens with two attached hydrogens (primary N) is 1. The molecule has 3 heteroatoms. The van der Waals surface area contributed by atoms with Gasteiger partial charge in [0.05, 0.1) is 13.2 Å². The smallest absolute Gasteiger partial charge is 0.0513 e. The predicted molar refractivity (Wildman–Crippen MR) is 106 cm³/mol. The van der Waals surface area contributed by atoms with Gasteiger partial charge < -0.3 is 10.5 Å². The third-order valence-corrected chi connectivity index (χ3v) is 4.94. The Morgan fingerprint density at radius 3 is 2.56 bits per heavy atom. The first-order chi connectivity index (χ1) is 12.1. The molecule has 0 unspecified atom stereocenters. The van der Waals surface area contributed by atoms with E-state index in [9.17, 15) is 0 Å². The average molecular weight is 336 g/mol. The van der Waals surface area contributed by atoms with Gasteiger partial charge >= 0.3 is 0 Å². The maximum atomic E-state index is 6.44. The molecule has 0 spiro atoms. The number of hydrogen-bond acceptors (Lipinski definition) is 3. The molecule has 1 saturated heterocycles. The van der Waals surface area contributed by atoms with Crippen molar-refractivity contribution in [1.29, 1.82) is 0 Å². The lowest BCUT2D eigenvalue weighted by molar-refractivity contribution is -0.0221. The van der Waals surface area contributed by atoms with Crippen molar-refractivity contribution >= 4 is 11.8 Å². The molecule has 1 aliphatic heterocycles. The zero-order chi connectivity index (χ0) is 17.8. The van der Waals surface area contributed by atoms with E-state index in [-0.39, 0.29) is 0 Å². The summed E-state index contributed by atoms with van der Waals surface area (Å²) >= 11 is 0. The van der Waals surface area contributed by atoms with Crippen molar-refractivity contribution in [3.8, 4) is 11.1 Å². The summed E-state index contributed by atoms with van der Waals surface area (Å²) in [5, 5.41) is 0. The van der Waals surface area contributed by atoms with E-state index in [2.05, 4.69) is 42.3 Å². The first-order valence-electron chi connectivity index (χ1n) is 9.18. The Morgan fingerprint density at radius 2 is 1.92 bits per heavy atom. The quantitative estimate of drug-likeness (QED) is 0.800. The van der Waals surface area contributed by atoms with Gasteiger partial charge in [-0.3, -0.25) is 4.98 Å². The molecule has 132 valence electrons. The molecule has 1 aromatic carbocycles. The van der Waals surface area contributed by atoms with Crippen molar-refractivity contribution in [3.63, 3.8) is 0 Å². The molecule has 0 amide bonds. The predicted octanol–water partition coefficient (Wildman–Crippen LogP) is 4.81. The van der Waals surface area contributed by atoms with E-state index < -0.39 is 0 Å². The number of allylic oxidation sites excluding steroid dienone is 1. The fraction of sp³-hybridized carbons (Fsp3) is 0.409. The lowest BCUT2D eigenvalue weighted by Crippen LogP contribution is -2.23. The summed E-state index contributed by atoms with van der Waals surface area (Å²) in [6, 6.07) is 6.47. The highest BCUT2D eigenvalue weighted by Gasteiger charge is 2.18. The number of hydrogen-bond donors (Lipinski definition) is 1.